The van der Waals surface area contributed by atoms with Gasteiger partial charge in [0, 0.05) is 6.20 Å². The van der Waals surface area contributed by atoms with Gasteiger partial charge in [-0.1, -0.05) is 17.7 Å². The van der Waals surface area contributed by atoms with Crippen LogP contribution in [0.4, 0.5) is 0 Å². The van der Waals surface area contributed by atoms with E-state index >= 15 is 0 Å². The Morgan fingerprint density at radius 3 is 2.47 bits per heavy atom. The van der Waals surface area contributed by atoms with Crippen LogP contribution in [0, 0.1) is 6.92 Å². The molecule has 0 amide bonds. The summed E-state index contributed by atoms with van der Waals surface area (Å²) in [5, 5.41) is 0. The Hall–Kier alpha value is -1.33. The summed E-state index contributed by atoms with van der Waals surface area (Å²) in [6.07, 6.45) is 3.06. The molecule has 0 aromatic heterocycles. The molecule has 4 nitrogen and oxygen atoms in total. The Labute approximate surface area is 88.8 Å². The van der Waals surface area contributed by atoms with Crippen LogP contribution >= 0.6 is 0 Å². The van der Waals surface area contributed by atoms with Gasteiger partial charge in [0.2, 0.25) is 0 Å². The van der Waals surface area contributed by atoms with Gasteiger partial charge in [-0.2, -0.15) is 8.42 Å². The number of rotatable bonds is 2. The van der Waals surface area contributed by atoms with E-state index in [1.165, 1.54) is 6.20 Å². The molecule has 80 valence electrons. The van der Waals surface area contributed by atoms with Gasteiger partial charge in [-0.15, -0.1) is 4.47 Å². The number of hydrogen-bond acceptors (Lipinski definition) is 3. The van der Waals surface area contributed by atoms with E-state index in [4.69, 9.17) is 4.84 Å². The number of hydroxylamine groups is 1. The first kappa shape index (κ1) is 10.2. The average molecular weight is 225 g/mol. The molecule has 0 unspecified atom stereocenters. The molecule has 0 bridgehead atoms. The third-order valence-electron chi connectivity index (χ3n) is 2.08. The van der Waals surface area contributed by atoms with Crippen LogP contribution in [0.15, 0.2) is 41.4 Å². The van der Waals surface area contributed by atoms with E-state index in [-0.39, 0.29) is 4.90 Å². The lowest BCUT2D eigenvalue weighted by molar-refractivity contribution is -0.0111. The van der Waals surface area contributed by atoms with Gasteiger partial charge in [-0.05, 0) is 25.1 Å². The minimum absolute atomic E-state index is 0.236. The van der Waals surface area contributed by atoms with Crippen molar-refractivity contribution in [1.82, 2.24) is 4.47 Å². The maximum absolute atomic E-state index is 11.9. The quantitative estimate of drug-likeness (QED) is 0.765. The molecule has 0 atom stereocenters. The Morgan fingerprint density at radius 1 is 1.27 bits per heavy atom. The maximum atomic E-state index is 11.9. The van der Waals surface area contributed by atoms with Crippen molar-refractivity contribution >= 4 is 10.0 Å². The summed E-state index contributed by atoms with van der Waals surface area (Å²) in [5.41, 5.74) is 1.02. The van der Waals surface area contributed by atoms with Crippen molar-refractivity contribution in [3.05, 3.63) is 42.1 Å². The van der Waals surface area contributed by atoms with Crippen molar-refractivity contribution in [2.45, 2.75) is 11.8 Å². The number of benzene rings is 1. The summed E-state index contributed by atoms with van der Waals surface area (Å²) in [5.74, 6) is 0. The van der Waals surface area contributed by atoms with Crippen LogP contribution < -0.4 is 0 Å². The summed E-state index contributed by atoms with van der Waals surface area (Å²) < 4.78 is 24.7. The van der Waals surface area contributed by atoms with Gasteiger partial charge < -0.3 is 0 Å². The Kier molecular flexibility index (Phi) is 2.50. The summed E-state index contributed by atoms with van der Waals surface area (Å²) in [7, 11) is -3.53. The second-order valence-electron chi connectivity index (χ2n) is 3.25. The lowest BCUT2D eigenvalue weighted by Gasteiger charge is -2.14. The summed E-state index contributed by atoms with van der Waals surface area (Å²) in [6, 6.07) is 6.65. The first-order valence-electron chi connectivity index (χ1n) is 4.51. The van der Waals surface area contributed by atoms with Crippen molar-refractivity contribution in [2.24, 2.45) is 0 Å². The van der Waals surface area contributed by atoms with Gasteiger partial charge in [0.1, 0.15) is 0 Å². The second-order valence-corrected chi connectivity index (χ2v) is 5.04. The molecule has 5 heteroatoms. The highest BCUT2D eigenvalue weighted by Crippen LogP contribution is 2.19. The van der Waals surface area contributed by atoms with Crippen molar-refractivity contribution in [2.75, 3.05) is 6.61 Å². The van der Waals surface area contributed by atoms with E-state index in [0.29, 0.717) is 6.61 Å². The predicted octanol–water partition coefficient (Wildman–Crippen LogP) is 1.44. The second kappa shape index (κ2) is 3.67. The molecule has 0 saturated heterocycles. The molecule has 0 saturated carbocycles. The topological polar surface area (TPSA) is 46.6 Å². The minimum Gasteiger partial charge on any atom is -0.255 e. The average Bonchev–Trinajstić information content (AvgIpc) is 2.71. The zero-order valence-electron chi connectivity index (χ0n) is 8.25. The smallest absolute Gasteiger partial charge is 0.255 e. The number of sulfonamides is 1. The van der Waals surface area contributed by atoms with Gasteiger partial charge in [-0.25, -0.2) is 0 Å². The summed E-state index contributed by atoms with van der Waals surface area (Å²) in [4.78, 5) is 5.17. The van der Waals surface area contributed by atoms with Crippen molar-refractivity contribution in [1.29, 1.82) is 0 Å². The van der Waals surface area contributed by atoms with Gasteiger partial charge >= 0.3 is 0 Å². The van der Waals surface area contributed by atoms with E-state index < -0.39 is 10.0 Å². The molecular formula is C10H11NO3S. The van der Waals surface area contributed by atoms with Crippen LogP contribution in [0.25, 0.3) is 0 Å². The summed E-state index contributed by atoms with van der Waals surface area (Å²) >= 11 is 0. The Balaban J connectivity index is 2.37. The molecule has 1 aliphatic rings. The minimum atomic E-state index is -3.53. The SMILES string of the molecule is Cc1ccc(S(=O)(=O)N2C=CCO2)cc1. The van der Waals surface area contributed by atoms with Crippen LogP contribution in [0.5, 0.6) is 0 Å². The normalized spacial score (nSPS) is 15.9. The van der Waals surface area contributed by atoms with Gasteiger partial charge in [0.25, 0.3) is 10.0 Å². The third kappa shape index (κ3) is 1.88. The van der Waals surface area contributed by atoms with Crippen LogP contribution in [-0.4, -0.2) is 19.5 Å². The lowest BCUT2D eigenvalue weighted by atomic mass is 10.2. The number of aryl methyl sites for hydroxylation is 1. The molecule has 1 aromatic rings. The van der Waals surface area contributed by atoms with E-state index in [2.05, 4.69) is 0 Å². The van der Waals surface area contributed by atoms with Gasteiger partial charge in [0.15, 0.2) is 0 Å². The third-order valence-corrected chi connectivity index (χ3v) is 3.65. The zero-order chi connectivity index (χ0) is 10.9. The number of hydrogen-bond donors (Lipinski definition) is 0. The Bertz CT molecular complexity index is 476. The highest BCUT2D eigenvalue weighted by atomic mass is 32.2. The van der Waals surface area contributed by atoms with Crippen molar-refractivity contribution in [3.8, 4) is 0 Å². The number of nitrogens with zero attached hydrogens (tertiary/aromatic N) is 1. The lowest BCUT2D eigenvalue weighted by Crippen LogP contribution is -2.23. The van der Waals surface area contributed by atoms with Crippen molar-refractivity contribution < 1.29 is 13.3 Å². The molecule has 0 aliphatic carbocycles. The van der Waals surface area contributed by atoms with E-state index in [0.717, 1.165) is 10.0 Å². The molecule has 0 N–H and O–H groups in total. The molecule has 0 fully saturated rings. The van der Waals surface area contributed by atoms with E-state index in [1.807, 2.05) is 6.92 Å². The van der Waals surface area contributed by atoms with E-state index in [9.17, 15) is 8.42 Å². The molecule has 2 rings (SSSR count). The fourth-order valence-corrected chi connectivity index (χ4v) is 2.39. The van der Waals surface area contributed by atoms with Crippen LogP contribution in [0.3, 0.4) is 0 Å². The highest BCUT2D eigenvalue weighted by Gasteiger charge is 2.24. The molecule has 0 radical (unpaired) electrons. The first-order chi connectivity index (χ1) is 7.10. The standard InChI is InChI=1S/C10H11NO3S/c1-9-3-5-10(6-4-9)15(12,13)11-7-2-8-14-11/h2-7H,8H2,1H3. The fourth-order valence-electron chi connectivity index (χ4n) is 1.25. The highest BCUT2D eigenvalue weighted by molar-refractivity contribution is 7.89. The zero-order valence-corrected chi connectivity index (χ0v) is 9.07. The van der Waals surface area contributed by atoms with Gasteiger partial charge in [0.05, 0.1) is 11.5 Å². The van der Waals surface area contributed by atoms with Crippen molar-refractivity contribution in [3.63, 3.8) is 0 Å². The maximum Gasteiger partial charge on any atom is 0.286 e. The van der Waals surface area contributed by atoms with E-state index in [1.54, 1.807) is 30.3 Å². The predicted molar refractivity (Wildman–Crippen MR) is 55.3 cm³/mol. The first-order valence-corrected chi connectivity index (χ1v) is 5.95. The van der Waals surface area contributed by atoms with Crippen LogP contribution in [0.1, 0.15) is 5.56 Å². The molecular weight excluding hydrogens is 214 g/mol. The Morgan fingerprint density at radius 2 is 1.93 bits per heavy atom. The summed E-state index contributed by atoms with van der Waals surface area (Å²) in [6.45, 7) is 2.20. The monoisotopic (exact) mass is 225 g/mol. The van der Waals surface area contributed by atoms with Gasteiger partial charge in [-0.3, -0.25) is 4.84 Å². The fraction of sp³-hybridized carbons (Fsp3) is 0.200. The molecule has 1 aliphatic heterocycles. The van der Waals surface area contributed by atoms with Crippen LogP contribution in [-0.2, 0) is 14.9 Å². The molecule has 1 heterocycles. The molecule has 0 spiro atoms. The van der Waals surface area contributed by atoms with Crippen LogP contribution in [0.2, 0.25) is 0 Å². The molecule has 1 aromatic carbocycles. The largest absolute Gasteiger partial charge is 0.286 e. The molecule has 15 heavy (non-hydrogen) atoms.